The standard InChI is InChI=1S/C24H22Cl2N2O3/c1-29-22-9-7-16(13-23(22)30-2)11-12-28-20-6-4-3-5-19(20)27-24(28)15-31-21-10-8-17(25)14-18(21)26/h3-10,13-14H,11-12,15H2,1-2H3. The molecule has 0 N–H and O–H groups in total. The van der Waals surface area contributed by atoms with Gasteiger partial charge in [0, 0.05) is 11.6 Å². The van der Waals surface area contributed by atoms with Crippen molar-refractivity contribution in [2.45, 2.75) is 19.6 Å². The van der Waals surface area contributed by atoms with E-state index in [2.05, 4.69) is 10.6 Å². The number of hydrogen-bond acceptors (Lipinski definition) is 4. The quantitative estimate of drug-likeness (QED) is 0.317. The van der Waals surface area contributed by atoms with Crippen LogP contribution in [0.4, 0.5) is 0 Å². The first kappa shape index (κ1) is 21.3. The fourth-order valence-electron chi connectivity index (χ4n) is 3.50. The molecule has 0 saturated heterocycles. The van der Waals surface area contributed by atoms with Gasteiger partial charge in [0.05, 0.1) is 30.3 Å². The highest BCUT2D eigenvalue weighted by molar-refractivity contribution is 6.35. The summed E-state index contributed by atoms with van der Waals surface area (Å²) < 4.78 is 18.9. The van der Waals surface area contributed by atoms with Gasteiger partial charge in [0.15, 0.2) is 11.5 Å². The van der Waals surface area contributed by atoms with Crippen molar-refractivity contribution in [1.29, 1.82) is 0 Å². The molecule has 0 amide bonds. The number of aryl methyl sites for hydroxylation is 2. The molecule has 0 aliphatic rings. The summed E-state index contributed by atoms with van der Waals surface area (Å²) in [7, 11) is 3.27. The summed E-state index contributed by atoms with van der Waals surface area (Å²) >= 11 is 12.2. The van der Waals surface area contributed by atoms with Gasteiger partial charge in [-0.2, -0.15) is 0 Å². The molecule has 31 heavy (non-hydrogen) atoms. The average Bonchev–Trinajstić information content (AvgIpc) is 3.14. The van der Waals surface area contributed by atoms with Crippen molar-refractivity contribution in [1.82, 2.24) is 9.55 Å². The molecule has 0 atom stereocenters. The van der Waals surface area contributed by atoms with Crippen molar-refractivity contribution < 1.29 is 14.2 Å². The smallest absolute Gasteiger partial charge is 0.160 e. The second kappa shape index (κ2) is 9.50. The second-order valence-corrected chi connectivity index (χ2v) is 7.81. The van der Waals surface area contributed by atoms with Crippen molar-refractivity contribution in [3.05, 3.63) is 82.1 Å². The van der Waals surface area contributed by atoms with Gasteiger partial charge in [0.1, 0.15) is 18.2 Å². The SMILES string of the molecule is COc1ccc(CCn2c(COc3ccc(Cl)cc3Cl)nc3ccccc32)cc1OC. The van der Waals surface area contributed by atoms with Gasteiger partial charge in [0.25, 0.3) is 0 Å². The Balaban J connectivity index is 1.58. The highest BCUT2D eigenvalue weighted by atomic mass is 35.5. The molecule has 0 saturated carbocycles. The van der Waals surface area contributed by atoms with Gasteiger partial charge in [-0.05, 0) is 54.4 Å². The zero-order valence-corrected chi connectivity index (χ0v) is 18.8. The lowest BCUT2D eigenvalue weighted by molar-refractivity contribution is 0.290. The molecule has 1 aromatic heterocycles. The molecule has 5 nitrogen and oxygen atoms in total. The first-order chi connectivity index (χ1) is 15.1. The van der Waals surface area contributed by atoms with Crippen LogP contribution in [0.2, 0.25) is 10.0 Å². The van der Waals surface area contributed by atoms with Gasteiger partial charge in [-0.1, -0.05) is 41.4 Å². The van der Waals surface area contributed by atoms with Gasteiger partial charge in [0.2, 0.25) is 0 Å². The summed E-state index contributed by atoms with van der Waals surface area (Å²) in [5.74, 6) is 2.84. The molecular weight excluding hydrogens is 435 g/mol. The van der Waals surface area contributed by atoms with Gasteiger partial charge < -0.3 is 18.8 Å². The average molecular weight is 457 g/mol. The number of methoxy groups -OCH3 is 2. The van der Waals surface area contributed by atoms with E-state index >= 15 is 0 Å². The lowest BCUT2D eigenvalue weighted by Gasteiger charge is -2.13. The number of para-hydroxylation sites is 2. The molecule has 0 aliphatic carbocycles. The molecule has 7 heteroatoms. The van der Waals surface area contributed by atoms with Crippen LogP contribution >= 0.6 is 23.2 Å². The van der Waals surface area contributed by atoms with E-state index in [1.165, 1.54) is 0 Å². The molecule has 0 spiro atoms. The van der Waals surface area contributed by atoms with Gasteiger partial charge in [-0.15, -0.1) is 0 Å². The molecular formula is C24H22Cl2N2O3. The van der Waals surface area contributed by atoms with Crippen LogP contribution < -0.4 is 14.2 Å². The van der Waals surface area contributed by atoms with Crippen molar-refractivity contribution >= 4 is 34.2 Å². The number of imidazole rings is 1. The maximum absolute atomic E-state index is 6.25. The van der Waals surface area contributed by atoms with Gasteiger partial charge in [-0.3, -0.25) is 0 Å². The lowest BCUT2D eigenvalue weighted by atomic mass is 10.1. The number of ether oxygens (including phenoxy) is 3. The van der Waals surface area contributed by atoms with Crippen molar-refractivity contribution in [2.75, 3.05) is 14.2 Å². The fraction of sp³-hybridized carbons (Fsp3) is 0.208. The Bertz CT molecular complexity index is 1210. The summed E-state index contributed by atoms with van der Waals surface area (Å²) in [5, 5.41) is 1.04. The van der Waals surface area contributed by atoms with Crippen LogP contribution in [0.1, 0.15) is 11.4 Å². The first-order valence-electron chi connectivity index (χ1n) is 9.82. The predicted octanol–water partition coefficient (Wildman–Crippen LogP) is 6.18. The Labute approximate surface area is 191 Å². The topological polar surface area (TPSA) is 45.5 Å². The third-order valence-electron chi connectivity index (χ3n) is 5.06. The molecule has 3 aromatic carbocycles. The number of fused-ring (bicyclic) bond motifs is 1. The van der Waals surface area contributed by atoms with Crippen LogP contribution in [0.3, 0.4) is 0 Å². The van der Waals surface area contributed by atoms with E-state index in [0.717, 1.165) is 41.1 Å². The Hall–Kier alpha value is -2.89. The highest BCUT2D eigenvalue weighted by Crippen LogP contribution is 2.30. The van der Waals surface area contributed by atoms with E-state index in [9.17, 15) is 0 Å². The van der Waals surface area contributed by atoms with Crippen LogP contribution in [0.25, 0.3) is 11.0 Å². The number of hydrogen-bond donors (Lipinski definition) is 0. The summed E-state index contributed by atoms with van der Waals surface area (Å²) in [6.07, 6.45) is 0.801. The Morgan fingerprint density at radius 2 is 1.65 bits per heavy atom. The maximum atomic E-state index is 6.25. The van der Waals surface area contributed by atoms with Crippen molar-refractivity contribution in [3.8, 4) is 17.2 Å². The van der Waals surface area contributed by atoms with Crippen LogP contribution in [-0.4, -0.2) is 23.8 Å². The number of halogens is 2. The van der Waals surface area contributed by atoms with Crippen LogP contribution in [0.5, 0.6) is 17.2 Å². The minimum absolute atomic E-state index is 0.294. The predicted molar refractivity (Wildman–Crippen MR) is 124 cm³/mol. The molecule has 0 aliphatic heterocycles. The molecule has 0 fully saturated rings. The van der Waals surface area contributed by atoms with E-state index in [1.807, 2.05) is 36.4 Å². The van der Waals surface area contributed by atoms with E-state index in [1.54, 1.807) is 32.4 Å². The van der Waals surface area contributed by atoms with E-state index in [-0.39, 0.29) is 0 Å². The molecule has 160 valence electrons. The van der Waals surface area contributed by atoms with Crippen LogP contribution in [0, 0.1) is 0 Å². The molecule has 0 unspecified atom stereocenters. The third-order valence-corrected chi connectivity index (χ3v) is 5.59. The summed E-state index contributed by atoms with van der Waals surface area (Å²) in [6, 6.07) is 19.2. The van der Waals surface area contributed by atoms with Gasteiger partial charge >= 0.3 is 0 Å². The van der Waals surface area contributed by atoms with Crippen LogP contribution in [-0.2, 0) is 19.6 Å². The summed E-state index contributed by atoms with van der Waals surface area (Å²) in [5.41, 5.74) is 3.13. The molecule has 1 heterocycles. The number of aromatic nitrogens is 2. The monoisotopic (exact) mass is 456 g/mol. The lowest BCUT2D eigenvalue weighted by Crippen LogP contribution is -2.09. The van der Waals surface area contributed by atoms with E-state index < -0.39 is 0 Å². The van der Waals surface area contributed by atoms with E-state index in [0.29, 0.717) is 28.2 Å². The maximum Gasteiger partial charge on any atom is 0.160 e. The normalized spacial score (nSPS) is 11.0. The van der Waals surface area contributed by atoms with Crippen LogP contribution in [0.15, 0.2) is 60.7 Å². The number of rotatable bonds is 8. The Morgan fingerprint density at radius 3 is 2.42 bits per heavy atom. The summed E-state index contributed by atoms with van der Waals surface area (Å²) in [6.45, 7) is 1.03. The Morgan fingerprint density at radius 1 is 0.871 bits per heavy atom. The number of nitrogens with zero attached hydrogens (tertiary/aromatic N) is 2. The van der Waals surface area contributed by atoms with Crippen molar-refractivity contribution in [2.24, 2.45) is 0 Å². The molecule has 0 radical (unpaired) electrons. The van der Waals surface area contributed by atoms with Gasteiger partial charge in [-0.25, -0.2) is 4.98 Å². The largest absolute Gasteiger partial charge is 0.493 e. The third kappa shape index (κ3) is 4.73. The molecule has 4 rings (SSSR count). The zero-order chi connectivity index (χ0) is 21.8. The minimum atomic E-state index is 0.294. The number of benzene rings is 3. The van der Waals surface area contributed by atoms with Crippen molar-refractivity contribution in [3.63, 3.8) is 0 Å². The van der Waals surface area contributed by atoms with E-state index in [4.69, 9.17) is 42.4 Å². The summed E-state index contributed by atoms with van der Waals surface area (Å²) in [4.78, 5) is 4.77. The Kier molecular flexibility index (Phi) is 6.54. The first-order valence-corrected chi connectivity index (χ1v) is 10.6. The molecule has 4 aromatic rings. The highest BCUT2D eigenvalue weighted by Gasteiger charge is 2.13. The minimum Gasteiger partial charge on any atom is -0.493 e. The second-order valence-electron chi connectivity index (χ2n) is 6.97. The fourth-order valence-corrected chi connectivity index (χ4v) is 3.96. The molecule has 0 bridgehead atoms. The zero-order valence-electron chi connectivity index (χ0n) is 17.3.